The summed E-state index contributed by atoms with van der Waals surface area (Å²) in [5.74, 6) is 1.61. The molecule has 2 rings (SSSR count). The van der Waals surface area contributed by atoms with Crippen LogP contribution in [0.2, 0.25) is 0 Å². The van der Waals surface area contributed by atoms with Crippen LogP contribution in [0.25, 0.3) is 0 Å². The fourth-order valence-electron chi connectivity index (χ4n) is 2.33. The average Bonchev–Trinajstić information content (AvgIpc) is 2.29. The first-order valence-corrected chi connectivity index (χ1v) is 6.50. The molecule has 0 bridgehead atoms. The molecule has 0 spiro atoms. The maximum Gasteiger partial charge on any atom is 0.100 e. The van der Waals surface area contributed by atoms with Crippen LogP contribution in [0.15, 0.2) is 42.2 Å². The predicted octanol–water partition coefficient (Wildman–Crippen LogP) is 4.65. The highest BCUT2D eigenvalue weighted by atomic mass is 16.5. The normalized spacial score (nSPS) is 20.9. The fourth-order valence-corrected chi connectivity index (χ4v) is 2.33. The highest BCUT2D eigenvalue weighted by Gasteiger charge is 2.24. The van der Waals surface area contributed by atoms with Crippen LogP contribution in [-0.4, -0.2) is 5.60 Å². The summed E-state index contributed by atoms with van der Waals surface area (Å²) < 4.78 is 6.11. The molecule has 1 nitrogen and oxygen atoms in total. The third-order valence-corrected chi connectivity index (χ3v) is 3.01. The molecule has 0 saturated carbocycles. The minimum atomic E-state index is -0.101. The molecular formula is C16H22O. The molecule has 1 heteroatoms. The molecule has 1 aliphatic carbocycles. The van der Waals surface area contributed by atoms with Crippen LogP contribution in [-0.2, 0) is 4.74 Å². The molecule has 0 heterocycles. The fraction of sp³-hybridized carbons (Fsp3) is 0.500. The van der Waals surface area contributed by atoms with E-state index in [1.54, 1.807) is 0 Å². The van der Waals surface area contributed by atoms with Gasteiger partial charge in [-0.2, -0.15) is 0 Å². The molecule has 0 amide bonds. The Morgan fingerprint density at radius 1 is 1.12 bits per heavy atom. The van der Waals surface area contributed by atoms with E-state index in [0.29, 0.717) is 5.92 Å². The van der Waals surface area contributed by atoms with E-state index in [-0.39, 0.29) is 5.60 Å². The Hall–Kier alpha value is -1.24. The molecule has 1 aromatic rings. The summed E-state index contributed by atoms with van der Waals surface area (Å²) in [6.45, 7) is 6.35. The van der Waals surface area contributed by atoms with E-state index >= 15 is 0 Å². The highest BCUT2D eigenvalue weighted by Crippen LogP contribution is 2.36. The van der Waals surface area contributed by atoms with Crippen molar-refractivity contribution in [3.8, 4) is 0 Å². The van der Waals surface area contributed by atoms with Crippen LogP contribution < -0.4 is 0 Å². The van der Waals surface area contributed by atoms with Gasteiger partial charge in [0.2, 0.25) is 0 Å². The molecule has 0 radical (unpaired) electrons. The number of benzene rings is 1. The van der Waals surface area contributed by atoms with E-state index in [4.69, 9.17) is 4.74 Å². The molecule has 0 N–H and O–H groups in total. The van der Waals surface area contributed by atoms with Crippen LogP contribution >= 0.6 is 0 Å². The van der Waals surface area contributed by atoms with Crippen molar-refractivity contribution in [1.82, 2.24) is 0 Å². The van der Waals surface area contributed by atoms with Gasteiger partial charge in [-0.15, -0.1) is 0 Å². The molecule has 1 atom stereocenters. The number of allylic oxidation sites excluding steroid dienone is 2. The summed E-state index contributed by atoms with van der Waals surface area (Å²) in [7, 11) is 0. The van der Waals surface area contributed by atoms with Gasteiger partial charge >= 0.3 is 0 Å². The Bertz CT molecular complexity index is 384. The molecule has 17 heavy (non-hydrogen) atoms. The van der Waals surface area contributed by atoms with Gasteiger partial charge in [-0.1, -0.05) is 30.3 Å². The van der Waals surface area contributed by atoms with Crippen LogP contribution in [0.4, 0.5) is 0 Å². The second-order valence-electron chi connectivity index (χ2n) is 5.72. The number of rotatable bonds is 2. The first-order chi connectivity index (χ1) is 8.06. The van der Waals surface area contributed by atoms with Crippen molar-refractivity contribution in [3.63, 3.8) is 0 Å². The number of hydrogen-bond donors (Lipinski definition) is 0. The van der Waals surface area contributed by atoms with Gasteiger partial charge < -0.3 is 4.74 Å². The van der Waals surface area contributed by atoms with Gasteiger partial charge in [-0.25, -0.2) is 0 Å². The van der Waals surface area contributed by atoms with E-state index in [0.717, 1.165) is 12.2 Å². The lowest BCUT2D eigenvalue weighted by Crippen LogP contribution is -2.22. The van der Waals surface area contributed by atoms with Gasteiger partial charge in [-0.05, 0) is 51.7 Å². The zero-order valence-corrected chi connectivity index (χ0v) is 11.1. The number of ether oxygens (including phenoxy) is 1. The molecular weight excluding hydrogens is 208 g/mol. The molecule has 1 aliphatic rings. The van der Waals surface area contributed by atoms with Gasteiger partial charge in [0.25, 0.3) is 0 Å². The first kappa shape index (κ1) is 12.2. The zero-order valence-electron chi connectivity index (χ0n) is 11.1. The van der Waals surface area contributed by atoms with Crippen molar-refractivity contribution >= 4 is 0 Å². The summed E-state index contributed by atoms with van der Waals surface area (Å²) in [6.07, 6.45) is 5.88. The molecule has 1 unspecified atom stereocenters. The topological polar surface area (TPSA) is 9.23 Å². The van der Waals surface area contributed by atoms with E-state index in [1.807, 2.05) is 0 Å². The van der Waals surface area contributed by atoms with Crippen LogP contribution in [0, 0.1) is 0 Å². The lowest BCUT2D eigenvalue weighted by Gasteiger charge is -2.31. The van der Waals surface area contributed by atoms with Crippen molar-refractivity contribution in [2.45, 2.75) is 51.6 Å². The van der Waals surface area contributed by atoms with Crippen molar-refractivity contribution in [1.29, 1.82) is 0 Å². The maximum absolute atomic E-state index is 6.11. The van der Waals surface area contributed by atoms with Crippen molar-refractivity contribution in [3.05, 3.63) is 47.7 Å². The Kier molecular flexibility index (Phi) is 3.56. The van der Waals surface area contributed by atoms with E-state index in [1.165, 1.54) is 18.4 Å². The minimum Gasteiger partial charge on any atom is -0.492 e. The standard InChI is InChI=1S/C16H22O/c1-16(2,3)17-15-12-8-7-11-14(15)13-9-5-4-6-10-13/h4-6,9-10,12,14H,7-8,11H2,1-3H3. The monoisotopic (exact) mass is 230 g/mol. The Morgan fingerprint density at radius 3 is 2.47 bits per heavy atom. The van der Waals surface area contributed by atoms with Gasteiger partial charge in [0, 0.05) is 5.92 Å². The average molecular weight is 230 g/mol. The Morgan fingerprint density at radius 2 is 1.82 bits per heavy atom. The second-order valence-corrected chi connectivity index (χ2v) is 5.72. The van der Waals surface area contributed by atoms with Gasteiger partial charge in [-0.3, -0.25) is 0 Å². The maximum atomic E-state index is 6.11. The van der Waals surface area contributed by atoms with Crippen LogP contribution in [0.3, 0.4) is 0 Å². The van der Waals surface area contributed by atoms with Crippen LogP contribution in [0.1, 0.15) is 51.5 Å². The predicted molar refractivity (Wildman–Crippen MR) is 72.0 cm³/mol. The van der Waals surface area contributed by atoms with E-state index < -0.39 is 0 Å². The number of hydrogen-bond acceptors (Lipinski definition) is 1. The van der Waals surface area contributed by atoms with E-state index in [2.05, 4.69) is 57.2 Å². The van der Waals surface area contributed by atoms with Crippen molar-refractivity contribution in [2.24, 2.45) is 0 Å². The molecule has 0 aliphatic heterocycles. The third kappa shape index (κ3) is 3.36. The minimum absolute atomic E-state index is 0.101. The van der Waals surface area contributed by atoms with E-state index in [9.17, 15) is 0 Å². The lowest BCUT2D eigenvalue weighted by molar-refractivity contribution is 0.0383. The molecule has 0 saturated heterocycles. The first-order valence-electron chi connectivity index (χ1n) is 6.50. The summed E-state index contributed by atoms with van der Waals surface area (Å²) >= 11 is 0. The van der Waals surface area contributed by atoms with Crippen molar-refractivity contribution in [2.75, 3.05) is 0 Å². The van der Waals surface area contributed by atoms with Crippen LogP contribution in [0.5, 0.6) is 0 Å². The Labute approximate surface area is 104 Å². The quantitative estimate of drug-likeness (QED) is 0.718. The largest absolute Gasteiger partial charge is 0.492 e. The SMILES string of the molecule is CC(C)(C)OC1=CCCCC1c1ccccc1. The smallest absolute Gasteiger partial charge is 0.100 e. The lowest BCUT2D eigenvalue weighted by atomic mass is 9.87. The van der Waals surface area contributed by atoms with Crippen molar-refractivity contribution < 1.29 is 4.74 Å². The van der Waals surface area contributed by atoms with Gasteiger partial charge in [0.15, 0.2) is 0 Å². The zero-order chi connectivity index (χ0) is 12.3. The molecule has 92 valence electrons. The highest BCUT2D eigenvalue weighted by molar-refractivity contribution is 5.27. The Balaban J connectivity index is 2.21. The molecule has 0 fully saturated rings. The summed E-state index contributed by atoms with van der Waals surface area (Å²) in [5.41, 5.74) is 1.28. The summed E-state index contributed by atoms with van der Waals surface area (Å²) in [6, 6.07) is 10.7. The summed E-state index contributed by atoms with van der Waals surface area (Å²) in [5, 5.41) is 0. The third-order valence-electron chi connectivity index (χ3n) is 3.01. The summed E-state index contributed by atoms with van der Waals surface area (Å²) in [4.78, 5) is 0. The molecule has 0 aromatic heterocycles. The molecule has 1 aromatic carbocycles. The van der Waals surface area contributed by atoms with Gasteiger partial charge in [0.05, 0.1) is 0 Å². The second kappa shape index (κ2) is 4.95. The van der Waals surface area contributed by atoms with Gasteiger partial charge in [0.1, 0.15) is 11.4 Å².